The number of hydrogen-bond acceptors (Lipinski definition) is 3. The summed E-state index contributed by atoms with van der Waals surface area (Å²) in [6.45, 7) is 7.16. The van der Waals surface area contributed by atoms with Gasteiger partial charge in [-0.1, -0.05) is 6.92 Å². The number of rotatable bonds is 4. The van der Waals surface area contributed by atoms with E-state index in [-0.39, 0.29) is 6.10 Å². The van der Waals surface area contributed by atoms with E-state index in [2.05, 4.69) is 11.8 Å². The second-order valence-electron chi connectivity index (χ2n) is 4.56. The van der Waals surface area contributed by atoms with Crippen molar-refractivity contribution in [3.63, 3.8) is 0 Å². The van der Waals surface area contributed by atoms with E-state index in [1.54, 1.807) is 0 Å². The Morgan fingerprint density at radius 2 is 2.00 bits per heavy atom. The fraction of sp³-hybridized carbons (Fsp3) is 1.00. The predicted molar refractivity (Wildman–Crippen MR) is 59.1 cm³/mol. The lowest BCUT2D eigenvalue weighted by Crippen LogP contribution is -2.42. The van der Waals surface area contributed by atoms with Crippen LogP contribution in [0, 0.1) is 5.92 Å². The van der Waals surface area contributed by atoms with Gasteiger partial charge in [0.2, 0.25) is 0 Å². The maximum absolute atomic E-state index is 9.52. The summed E-state index contributed by atoms with van der Waals surface area (Å²) in [6, 6.07) is 0.327. The number of hydrogen-bond donors (Lipinski definition) is 2. The van der Waals surface area contributed by atoms with Gasteiger partial charge in [0.05, 0.1) is 6.10 Å². The number of aliphatic hydroxyl groups is 1. The van der Waals surface area contributed by atoms with Crippen LogP contribution >= 0.6 is 0 Å². The number of nitrogens with two attached hydrogens (primary N) is 1. The smallest absolute Gasteiger partial charge is 0.0664 e. The van der Waals surface area contributed by atoms with Crippen LogP contribution in [0.2, 0.25) is 0 Å². The zero-order chi connectivity index (χ0) is 10.6. The first-order valence-electron chi connectivity index (χ1n) is 5.79. The molecule has 1 rings (SSSR count). The summed E-state index contributed by atoms with van der Waals surface area (Å²) in [5.41, 5.74) is 5.87. The van der Waals surface area contributed by atoms with E-state index in [1.165, 1.54) is 12.8 Å². The summed E-state index contributed by atoms with van der Waals surface area (Å²) in [7, 11) is 0. The lowest BCUT2D eigenvalue weighted by atomic mass is 9.91. The molecule has 0 saturated carbocycles. The molecule has 3 nitrogen and oxygen atoms in total. The SMILES string of the molecule is CCC(O)CN1CCC(C(C)N)CC1. The largest absolute Gasteiger partial charge is 0.392 e. The van der Waals surface area contributed by atoms with E-state index in [0.29, 0.717) is 12.0 Å². The zero-order valence-corrected chi connectivity index (χ0v) is 9.45. The molecule has 0 radical (unpaired) electrons. The van der Waals surface area contributed by atoms with E-state index in [9.17, 15) is 5.11 Å². The zero-order valence-electron chi connectivity index (χ0n) is 9.45. The van der Waals surface area contributed by atoms with Crippen LogP contribution in [0.5, 0.6) is 0 Å². The van der Waals surface area contributed by atoms with Gasteiger partial charge in [0.15, 0.2) is 0 Å². The number of aliphatic hydroxyl groups excluding tert-OH is 1. The quantitative estimate of drug-likeness (QED) is 0.706. The van der Waals surface area contributed by atoms with Crippen LogP contribution in [-0.4, -0.2) is 41.8 Å². The molecule has 0 aromatic heterocycles. The van der Waals surface area contributed by atoms with Gasteiger partial charge < -0.3 is 15.7 Å². The molecular weight excluding hydrogens is 176 g/mol. The first-order chi connectivity index (χ1) is 6.63. The van der Waals surface area contributed by atoms with Crippen molar-refractivity contribution in [2.24, 2.45) is 11.7 Å². The molecule has 3 heteroatoms. The molecular formula is C11H24N2O. The topological polar surface area (TPSA) is 49.5 Å². The van der Waals surface area contributed by atoms with Gasteiger partial charge in [0, 0.05) is 12.6 Å². The normalized spacial score (nSPS) is 24.9. The molecule has 0 amide bonds. The molecule has 2 unspecified atom stereocenters. The van der Waals surface area contributed by atoms with Gasteiger partial charge in [-0.25, -0.2) is 0 Å². The van der Waals surface area contributed by atoms with Crippen LogP contribution in [0.1, 0.15) is 33.1 Å². The molecule has 0 aliphatic carbocycles. The van der Waals surface area contributed by atoms with E-state index in [4.69, 9.17) is 5.73 Å². The van der Waals surface area contributed by atoms with Crippen molar-refractivity contribution in [2.75, 3.05) is 19.6 Å². The van der Waals surface area contributed by atoms with E-state index in [0.717, 1.165) is 26.1 Å². The summed E-state index contributed by atoms with van der Waals surface area (Å²) in [4.78, 5) is 2.35. The maximum Gasteiger partial charge on any atom is 0.0664 e. The molecule has 1 saturated heterocycles. The molecule has 84 valence electrons. The van der Waals surface area contributed by atoms with Crippen molar-refractivity contribution < 1.29 is 5.11 Å². The van der Waals surface area contributed by atoms with Crippen molar-refractivity contribution in [1.29, 1.82) is 0 Å². The average Bonchev–Trinajstić information content (AvgIpc) is 2.18. The van der Waals surface area contributed by atoms with Crippen LogP contribution in [0.25, 0.3) is 0 Å². The third-order valence-corrected chi connectivity index (χ3v) is 3.32. The van der Waals surface area contributed by atoms with Gasteiger partial charge in [0.25, 0.3) is 0 Å². The van der Waals surface area contributed by atoms with Crippen molar-refractivity contribution >= 4 is 0 Å². The first kappa shape index (κ1) is 12.0. The Bertz CT molecular complexity index is 153. The van der Waals surface area contributed by atoms with Gasteiger partial charge >= 0.3 is 0 Å². The molecule has 1 aliphatic rings. The third kappa shape index (κ3) is 3.56. The molecule has 1 fully saturated rings. The van der Waals surface area contributed by atoms with Gasteiger partial charge in [-0.3, -0.25) is 0 Å². The lowest BCUT2D eigenvalue weighted by Gasteiger charge is -2.34. The minimum Gasteiger partial charge on any atom is -0.392 e. The summed E-state index contributed by atoms with van der Waals surface area (Å²) in [6.07, 6.45) is 3.08. The molecule has 2 atom stereocenters. The summed E-state index contributed by atoms with van der Waals surface area (Å²) < 4.78 is 0. The van der Waals surface area contributed by atoms with Gasteiger partial charge in [-0.05, 0) is 45.2 Å². The Balaban J connectivity index is 2.22. The van der Waals surface area contributed by atoms with E-state index in [1.807, 2.05) is 6.92 Å². The highest BCUT2D eigenvalue weighted by atomic mass is 16.3. The number of nitrogens with zero attached hydrogens (tertiary/aromatic N) is 1. The van der Waals surface area contributed by atoms with Gasteiger partial charge in [-0.15, -0.1) is 0 Å². The Morgan fingerprint density at radius 3 is 2.43 bits per heavy atom. The maximum atomic E-state index is 9.52. The summed E-state index contributed by atoms with van der Waals surface area (Å²) >= 11 is 0. The van der Waals surface area contributed by atoms with Gasteiger partial charge in [0.1, 0.15) is 0 Å². The first-order valence-corrected chi connectivity index (χ1v) is 5.79. The second kappa shape index (κ2) is 5.69. The van der Waals surface area contributed by atoms with Crippen molar-refractivity contribution in [2.45, 2.75) is 45.3 Å². The number of likely N-dealkylation sites (tertiary alicyclic amines) is 1. The minimum atomic E-state index is -0.151. The molecule has 0 bridgehead atoms. The summed E-state index contributed by atoms with van der Waals surface area (Å²) in [5, 5.41) is 9.52. The summed E-state index contributed by atoms with van der Waals surface area (Å²) in [5.74, 6) is 0.685. The van der Waals surface area contributed by atoms with E-state index >= 15 is 0 Å². The highest BCUT2D eigenvalue weighted by Gasteiger charge is 2.22. The van der Waals surface area contributed by atoms with Crippen molar-refractivity contribution in [3.05, 3.63) is 0 Å². The second-order valence-corrected chi connectivity index (χ2v) is 4.56. The van der Waals surface area contributed by atoms with Crippen molar-refractivity contribution in [1.82, 2.24) is 4.90 Å². The Hall–Kier alpha value is -0.120. The molecule has 1 heterocycles. The molecule has 1 aliphatic heterocycles. The fourth-order valence-electron chi connectivity index (χ4n) is 2.09. The standard InChI is InChI=1S/C11H24N2O/c1-3-11(14)8-13-6-4-10(5-7-13)9(2)12/h9-11,14H,3-8,12H2,1-2H3. The predicted octanol–water partition coefficient (Wildman–Crippen LogP) is 0.816. The highest BCUT2D eigenvalue weighted by Crippen LogP contribution is 2.19. The fourth-order valence-corrected chi connectivity index (χ4v) is 2.09. The lowest BCUT2D eigenvalue weighted by molar-refractivity contribution is 0.0840. The third-order valence-electron chi connectivity index (χ3n) is 3.32. The van der Waals surface area contributed by atoms with Crippen molar-refractivity contribution in [3.8, 4) is 0 Å². The molecule has 0 spiro atoms. The molecule has 0 aromatic rings. The highest BCUT2D eigenvalue weighted by molar-refractivity contribution is 4.78. The van der Waals surface area contributed by atoms with Gasteiger partial charge in [-0.2, -0.15) is 0 Å². The van der Waals surface area contributed by atoms with Crippen LogP contribution < -0.4 is 5.73 Å². The average molecular weight is 200 g/mol. The monoisotopic (exact) mass is 200 g/mol. The number of β-amino-alcohol motifs (C(OH)–C–C–N with tert-alkyl or cyclic N) is 1. The van der Waals surface area contributed by atoms with E-state index < -0.39 is 0 Å². The van der Waals surface area contributed by atoms with Crippen LogP contribution in [0.15, 0.2) is 0 Å². The number of piperidine rings is 1. The minimum absolute atomic E-state index is 0.151. The van der Waals surface area contributed by atoms with Crippen LogP contribution in [0.4, 0.5) is 0 Å². The Morgan fingerprint density at radius 1 is 1.43 bits per heavy atom. The molecule has 3 N–H and O–H groups in total. The van der Waals surface area contributed by atoms with Crippen LogP contribution in [0.3, 0.4) is 0 Å². The Kier molecular flexibility index (Phi) is 4.85. The molecule has 0 aromatic carbocycles. The van der Waals surface area contributed by atoms with Crippen LogP contribution in [-0.2, 0) is 0 Å². The Labute approximate surface area is 87.3 Å². The molecule has 14 heavy (non-hydrogen) atoms.